The second kappa shape index (κ2) is 17.0. The molecule has 16 nitrogen and oxygen atoms in total. The lowest BCUT2D eigenvalue weighted by Gasteiger charge is -2.24. The van der Waals surface area contributed by atoms with Crippen LogP contribution in [0.3, 0.4) is 0 Å². The molecule has 0 bridgehead atoms. The van der Waals surface area contributed by atoms with Crippen molar-refractivity contribution in [3.63, 3.8) is 0 Å². The fourth-order valence-corrected chi connectivity index (χ4v) is 3.47. The molecule has 4 unspecified atom stereocenters. The van der Waals surface area contributed by atoms with Crippen LogP contribution in [0.5, 0.6) is 0 Å². The molecule has 0 saturated carbocycles. The van der Waals surface area contributed by atoms with Gasteiger partial charge in [-0.3, -0.25) is 29.0 Å². The Labute approximate surface area is 229 Å². The molecule has 4 amide bonds. The minimum Gasteiger partial charge on any atom is -0.481 e. The fourth-order valence-electron chi connectivity index (χ4n) is 3.47. The third-order valence-electron chi connectivity index (χ3n) is 5.52. The Morgan fingerprint density at radius 2 is 1.38 bits per heavy atom. The number of rotatable bonds is 18. The molecule has 0 spiro atoms. The summed E-state index contributed by atoms with van der Waals surface area (Å²) in [5.41, 5.74) is 22.2. The maximum Gasteiger partial charge on any atom is 0.326 e. The standard InChI is InChI=1S/C24H36N8O8/c25-14(8-9-19(34)35)20(36)30-15(7-4-10-29-24(27)28)21(37)31-16(12-18(26)33)22(38)32-17(23(39)40)11-13-5-2-1-3-6-13/h1-3,5-6,14-17H,4,7-12,25H2,(H2,26,33)(H,30,36)(H,31,37)(H,32,38)(H,34,35)(H,39,40)(H4,27,28,29). The van der Waals surface area contributed by atoms with Gasteiger partial charge < -0.3 is 49.1 Å². The third kappa shape index (κ3) is 13.2. The molecule has 1 aromatic rings. The van der Waals surface area contributed by atoms with Crippen LogP contribution in [0.25, 0.3) is 0 Å². The molecule has 220 valence electrons. The molecule has 0 saturated heterocycles. The average molecular weight is 565 g/mol. The number of carbonyl (C=O) groups excluding carboxylic acids is 4. The van der Waals surface area contributed by atoms with E-state index in [1.165, 1.54) is 0 Å². The van der Waals surface area contributed by atoms with Crippen LogP contribution in [0.15, 0.2) is 35.3 Å². The highest BCUT2D eigenvalue weighted by Gasteiger charge is 2.31. The van der Waals surface area contributed by atoms with Gasteiger partial charge in [-0.15, -0.1) is 0 Å². The number of nitrogens with two attached hydrogens (primary N) is 4. The maximum atomic E-state index is 13.1. The largest absolute Gasteiger partial charge is 0.481 e. The SMILES string of the molecule is NC(=O)CC(NC(=O)C(CCCN=C(N)N)NC(=O)C(N)CCC(=O)O)C(=O)NC(Cc1ccccc1)C(=O)O. The molecule has 0 aliphatic heterocycles. The van der Waals surface area contributed by atoms with Gasteiger partial charge in [-0.2, -0.15) is 0 Å². The molecule has 16 heteroatoms. The highest BCUT2D eigenvalue weighted by molar-refractivity contribution is 5.96. The molecule has 0 radical (unpaired) electrons. The van der Waals surface area contributed by atoms with Gasteiger partial charge in [0.05, 0.1) is 12.5 Å². The Balaban J connectivity index is 3.04. The molecular weight excluding hydrogens is 528 g/mol. The summed E-state index contributed by atoms with van der Waals surface area (Å²) in [6.45, 7) is 0.0953. The lowest BCUT2D eigenvalue weighted by Crippen LogP contribution is -2.58. The molecular formula is C24H36N8O8. The van der Waals surface area contributed by atoms with E-state index in [4.69, 9.17) is 28.0 Å². The van der Waals surface area contributed by atoms with E-state index >= 15 is 0 Å². The number of amides is 4. The number of carboxylic acid groups (broad SMARTS) is 2. The maximum absolute atomic E-state index is 13.1. The normalized spacial score (nSPS) is 13.5. The predicted molar refractivity (Wildman–Crippen MR) is 142 cm³/mol. The van der Waals surface area contributed by atoms with Crippen molar-refractivity contribution in [2.75, 3.05) is 6.54 Å². The van der Waals surface area contributed by atoms with Crippen molar-refractivity contribution in [3.05, 3.63) is 35.9 Å². The summed E-state index contributed by atoms with van der Waals surface area (Å²) in [7, 11) is 0. The van der Waals surface area contributed by atoms with E-state index < -0.39 is 66.2 Å². The number of primary amides is 1. The second-order valence-electron chi connectivity index (χ2n) is 8.87. The lowest BCUT2D eigenvalue weighted by molar-refractivity contribution is -0.142. The van der Waals surface area contributed by atoms with E-state index in [1.54, 1.807) is 30.3 Å². The molecule has 0 aliphatic carbocycles. The number of nitrogens with zero attached hydrogens (tertiary/aromatic N) is 1. The van der Waals surface area contributed by atoms with Crippen LogP contribution < -0.4 is 38.9 Å². The molecule has 40 heavy (non-hydrogen) atoms. The van der Waals surface area contributed by atoms with E-state index in [2.05, 4.69) is 20.9 Å². The van der Waals surface area contributed by atoms with Crippen molar-refractivity contribution < 1.29 is 39.0 Å². The summed E-state index contributed by atoms with van der Waals surface area (Å²) < 4.78 is 0. The first-order valence-electron chi connectivity index (χ1n) is 12.3. The minimum atomic E-state index is -1.57. The molecule has 0 aromatic heterocycles. The number of aliphatic imine (C=N–C) groups is 1. The lowest BCUT2D eigenvalue weighted by atomic mass is 10.0. The smallest absolute Gasteiger partial charge is 0.326 e. The zero-order chi connectivity index (χ0) is 30.2. The van der Waals surface area contributed by atoms with Gasteiger partial charge in [0.2, 0.25) is 23.6 Å². The number of hydrogen-bond donors (Lipinski definition) is 9. The zero-order valence-electron chi connectivity index (χ0n) is 21.7. The van der Waals surface area contributed by atoms with E-state index in [-0.39, 0.29) is 44.6 Å². The zero-order valence-corrected chi connectivity index (χ0v) is 21.7. The van der Waals surface area contributed by atoms with Crippen LogP contribution in [-0.2, 0) is 35.2 Å². The van der Waals surface area contributed by atoms with Crippen molar-refractivity contribution in [1.29, 1.82) is 0 Å². The van der Waals surface area contributed by atoms with Gasteiger partial charge in [-0.05, 0) is 24.8 Å². The molecule has 0 fully saturated rings. The van der Waals surface area contributed by atoms with Crippen molar-refractivity contribution in [3.8, 4) is 0 Å². The van der Waals surface area contributed by atoms with Gasteiger partial charge in [-0.25, -0.2) is 4.79 Å². The van der Waals surface area contributed by atoms with E-state index in [0.717, 1.165) is 0 Å². The Kier molecular flexibility index (Phi) is 14.1. The van der Waals surface area contributed by atoms with Gasteiger partial charge in [0.25, 0.3) is 0 Å². The van der Waals surface area contributed by atoms with Crippen molar-refractivity contribution in [1.82, 2.24) is 16.0 Å². The Bertz CT molecular complexity index is 1080. The second-order valence-corrected chi connectivity index (χ2v) is 8.87. The monoisotopic (exact) mass is 564 g/mol. The Hall–Kier alpha value is -4.73. The molecule has 1 rings (SSSR count). The first kappa shape index (κ1) is 33.3. The van der Waals surface area contributed by atoms with Gasteiger partial charge >= 0.3 is 11.9 Å². The van der Waals surface area contributed by atoms with Crippen molar-refractivity contribution in [2.45, 2.75) is 62.7 Å². The van der Waals surface area contributed by atoms with Crippen LogP contribution in [-0.4, -0.2) is 82.5 Å². The van der Waals surface area contributed by atoms with Crippen LogP contribution >= 0.6 is 0 Å². The van der Waals surface area contributed by atoms with Gasteiger partial charge in [0.15, 0.2) is 5.96 Å². The summed E-state index contributed by atoms with van der Waals surface area (Å²) in [6, 6.07) is 2.97. The number of carbonyl (C=O) groups is 6. The number of carboxylic acids is 2. The number of aliphatic carboxylic acids is 2. The quantitative estimate of drug-likeness (QED) is 0.0488. The molecule has 1 aromatic carbocycles. The van der Waals surface area contributed by atoms with E-state index in [1.807, 2.05) is 0 Å². The summed E-state index contributed by atoms with van der Waals surface area (Å²) in [4.78, 5) is 76.6. The number of nitrogens with one attached hydrogen (secondary N) is 3. The van der Waals surface area contributed by atoms with E-state index in [9.17, 15) is 33.9 Å². The van der Waals surface area contributed by atoms with Gasteiger partial charge in [0, 0.05) is 19.4 Å². The first-order chi connectivity index (χ1) is 18.8. The minimum absolute atomic E-state index is 0.0311. The molecule has 13 N–H and O–H groups in total. The van der Waals surface area contributed by atoms with Crippen LogP contribution in [0, 0.1) is 0 Å². The Morgan fingerprint density at radius 1 is 0.800 bits per heavy atom. The van der Waals surface area contributed by atoms with Crippen LogP contribution in [0.4, 0.5) is 0 Å². The van der Waals surface area contributed by atoms with Crippen molar-refractivity contribution in [2.24, 2.45) is 27.9 Å². The average Bonchev–Trinajstić information content (AvgIpc) is 2.87. The van der Waals surface area contributed by atoms with Gasteiger partial charge in [-0.1, -0.05) is 30.3 Å². The summed E-state index contributed by atoms with van der Waals surface area (Å²) in [6.07, 6.45) is -1.15. The van der Waals surface area contributed by atoms with E-state index in [0.29, 0.717) is 5.56 Å². The predicted octanol–water partition coefficient (Wildman–Crippen LogP) is -3.11. The summed E-state index contributed by atoms with van der Waals surface area (Å²) >= 11 is 0. The van der Waals surface area contributed by atoms with Crippen LogP contribution in [0.1, 0.15) is 37.7 Å². The fraction of sp³-hybridized carbons (Fsp3) is 0.458. The number of hydrogen-bond acceptors (Lipinski definition) is 8. The summed E-state index contributed by atoms with van der Waals surface area (Å²) in [5, 5.41) is 25.4. The molecule has 0 aliphatic rings. The third-order valence-corrected chi connectivity index (χ3v) is 5.52. The Morgan fingerprint density at radius 3 is 1.93 bits per heavy atom. The topological polar surface area (TPSA) is 295 Å². The van der Waals surface area contributed by atoms with Gasteiger partial charge in [0.1, 0.15) is 18.1 Å². The van der Waals surface area contributed by atoms with Crippen LogP contribution in [0.2, 0.25) is 0 Å². The van der Waals surface area contributed by atoms with Crippen molar-refractivity contribution >= 4 is 41.5 Å². The highest BCUT2D eigenvalue weighted by Crippen LogP contribution is 2.06. The molecule has 4 atom stereocenters. The number of benzene rings is 1. The molecule has 0 heterocycles. The number of guanidine groups is 1. The first-order valence-corrected chi connectivity index (χ1v) is 12.3. The highest BCUT2D eigenvalue weighted by atomic mass is 16.4. The summed E-state index contributed by atoms with van der Waals surface area (Å²) in [5.74, 6) is -6.38.